The van der Waals surface area contributed by atoms with E-state index in [1.54, 1.807) is 30.3 Å². The Kier molecular flexibility index (Phi) is 3.25. The maximum atomic E-state index is 10.7. The van der Waals surface area contributed by atoms with E-state index in [-0.39, 0.29) is 5.69 Å². The van der Waals surface area contributed by atoms with Crippen LogP contribution in [0.25, 0.3) is 10.2 Å². The van der Waals surface area contributed by atoms with Gasteiger partial charge in [0.1, 0.15) is 5.75 Å². The van der Waals surface area contributed by atoms with Crippen LogP contribution in [0.2, 0.25) is 5.02 Å². The van der Waals surface area contributed by atoms with Crippen molar-refractivity contribution in [3.63, 3.8) is 0 Å². The van der Waals surface area contributed by atoms with E-state index in [4.69, 9.17) is 16.3 Å². The molecule has 2 aromatic carbocycles. The molecule has 0 aliphatic carbocycles. The summed E-state index contributed by atoms with van der Waals surface area (Å²) in [6, 6.07) is 11.4. The summed E-state index contributed by atoms with van der Waals surface area (Å²) >= 11 is 7.05. The Morgan fingerprint density at radius 1 is 1.20 bits per heavy atom. The van der Waals surface area contributed by atoms with Crippen molar-refractivity contribution in [3.8, 4) is 10.9 Å². The van der Waals surface area contributed by atoms with Crippen LogP contribution in [0.3, 0.4) is 0 Å². The molecule has 0 saturated heterocycles. The highest BCUT2D eigenvalue weighted by molar-refractivity contribution is 7.20. The van der Waals surface area contributed by atoms with E-state index in [9.17, 15) is 10.1 Å². The molecule has 0 aliphatic rings. The van der Waals surface area contributed by atoms with Gasteiger partial charge >= 0.3 is 0 Å². The lowest BCUT2D eigenvalue weighted by Gasteiger charge is -2.00. The molecule has 0 unspecified atom stereocenters. The molecule has 3 aromatic rings. The minimum Gasteiger partial charge on any atom is -0.431 e. The summed E-state index contributed by atoms with van der Waals surface area (Å²) in [5.74, 6) is 0.614. The lowest BCUT2D eigenvalue weighted by Crippen LogP contribution is -1.86. The summed E-state index contributed by atoms with van der Waals surface area (Å²) in [7, 11) is 0. The van der Waals surface area contributed by atoms with Crippen LogP contribution in [0.4, 0.5) is 5.69 Å². The summed E-state index contributed by atoms with van der Waals surface area (Å²) in [6.07, 6.45) is 0. The number of non-ortho nitro benzene ring substituents is 1. The van der Waals surface area contributed by atoms with E-state index >= 15 is 0 Å². The third kappa shape index (κ3) is 2.56. The molecule has 1 heterocycles. The fourth-order valence-corrected chi connectivity index (χ4v) is 2.65. The number of nitro benzene ring substituents is 1. The molecule has 1 aromatic heterocycles. The van der Waals surface area contributed by atoms with Crippen LogP contribution in [0.1, 0.15) is 0 Å². The largest absolute Gasteiger partial charge is 0.431 e. The number of nitro groups is 1. The summed E-state index contributed by atoms with van der Waals surface area (Å²) in [5.41, 5.74) is 0.712. The average molecular weight is 307 g/mol. The molecule has 0 atom stereocenters. The number of nitrogens with zero attached hydrogens (tertiary/aromatic N) is 2. The number of hydrogen-bond donors (Lipinski definition) is 0. The molecule has 0 amide bonds. The molecule has 0 N–H and O–H groups in total. The van der Waals surface area contributed by atoms with Gasteiger partial charge in [0.05, 0.1) is 15.1 Å². The van der Waals surface area contributed by atoms with Crippen molar-refractivity contribution < 1.29 is 9.66 Å². The van der Waals surface area contributed by atoms with Gasteiger partial charge in [-0.1, -0.05) is 22.9 Å². The van der Waals surface area contributed by atoms with Crippen LogP contribution in [0.5, 0.6) is 10.9 Å². The van der Waals surface area contributed by atoms with Gasteiger partial charge in [0.25, 0.3) is 10.9 Å². The van der Waals surface area contributed by atoms with E-state index < -0.39 is 4.92 Å². The van der Waals surface area contributed by atoms with Gasteiger partial charge < -0.3 is 4.74 Å². The Balaban J connectivity index is 1.92. The van der Waals surface area contributed by atoms with Gasteiger partial charge in [-0.2, -0.15) is 0 Å². The molecule has 5 nitrogen and oxygen atoms in total. The standard InChI is InChI=1S/C13H7ClN2O3S/c14-8-1-4-10(5-2-8)19-13-15-11-6-3-9(16(17)18)7-12(11)20-13/h1-7H. The molecule has 100 valence electrons. The molecular weight excluding hydrogens is 300 g/mol. The van der Waals surface area contributed by atoms with Gasteiger partial charge in [0.2, 0.25) is 0 Å². The molecular formula is C13H7ClN2O3S. The summed E-state index contributed by atoms with van der Waals surface area (Å²) in [5, 5.41) is 11.8. The molecule has 0 spiro atoms. The first-order valence-corrected chi connectivity index (χ1v) is 6.80. The highest BCUT2D eigenvalue weighted by atomic mass is 35.5. The van der Waals surface area contributed by atoms with Crippen molar-refractivity contribution in [1.29, 1.82) is 0 Å². The molecule has 0 saturated carbocycles. The third-order valence-electron chi connectivity index (χ3n) is 2.58. The van der Waals surface area contributed by atoms with Crippen molar-refractivity contribution >= 4 is 38.8 Å². The predicted molar refractivity (Wildman–Crippen MR) is 77.8 cm³/mol. The highest BCUT2D eigenvalue weighted by Gasteiger charge is 2.11. The second kappa shape index (κ2) is 5.07. The molecule has 0 bridgehead atoms. The third-order valence-corrected chi connectivity index (χ3v) is 3.73. The Hall–Kier alpha value is -2.18. The van der Waals surface area contributed by atoms with Crippen LogP contribution in [0, 0.1) is 10.1 Å². The minimum absolute atomic E-state index is 0.0409. The van der Waals surface area contributed by atoms with Crippen molar-refractivity contribution in [2.75, 3.05) is 0 Å². The normalized spacial score (nSPS) is 10.7. The maximum absolute atomic E-state index is 10.7. The molecule has 0 aliphatic heterocycles. The van der Waals surface area contributed by atoms with Crippen LogP contribution in [-0.4, -0.2) is 9.91 Å². The second-order valence-corrected chi connectivity index (χ2v) is 5.37. The zero-order chi connectivity index (χ0) is 14.1. The van der Waals surface area contributed by atoms with E-state index in [0.29, 0.717) is 26.2 Å². The smallest absolute Gasteiger partial charge is 0.279 e. The summed E-state index contributed by atoms with van der Waals surface area (Å²) < 4.78 is 6.31. The molecule has 0 fully saturated rings. The van der Waals surface area contributed by atoms with E-state index in [0.717, 1.165) is 0 Å². The van der Waals surface area contributed by atoms with E-state index in [2.05, 4.69) is 4.98 Å². The van der Waals surface area contributed by atoms with Crippen LogP contribution >= 0.6 is 22.9 Å². The number of halogens is 1. The zero-order valence-electron chi connectivity index (χ0n) is 9.95. The van der Waals surface area contributed by atoms with Gasteiger partial charge in [0.15, 0.2) is 0 Å². The van der Waals surface area contributed by atoms with Gasteiger partial charge in [-0.25, -0.2) is 4.98 Å². The number of benzene rings is 2. The molecule has 7 heteroatoms. The average Bonchev–Trinajstić information content (AvgIpc) is 2.82. The number of fused-ring (bicyclic) bond motifs is 1. The predicted octanol–water partition coefficient (Wildman–Crippen LogP) is 4.65. The zero-order valence-corrected chi connectivity index (χ0v) is 11.5. The molecule has 20 heavy (non-hydrogen) atoms. The van der Waals surface area contributed by atoms with E-state index in [1.807, 2.05) is 0 Å². The van der Waals surface area contributed by atoms with Crippen molar-refractivity contribution in [1.82, 2.24) is 4.98 Å². The Bertz CT molecular complexity index is 786. The maximum Gasteiger partial charge on any atom is 0.279 e. The lowest BCUT2D eigenvalue weighted by molar-refractivity contribution is -0.384. The Morgan fingerprint density at radius 2 is 1.95 bits per heavy atom. The number of thiazole rings is 1. The quantitative estimate of drug-likeness (QED) is 0.522. The SMILES string of the molecule is O=[N+]([O-])c1ccc2nc(Oc3ccc(Cl)cc3)sc2c1. The summed E-state index contributed by atoms with van der Waals surface area (Å²) in [4.78, 5) is 14.6. The topological polar surface area (TPSA) is 65.3 Å². The minimum atomic E-state index is -0.432. The Labute approximate surface area is 122 Å². The Morgan fingerprint density at radius 3 is 2.65 bits per heavy atom. The van der Waals surface area contributed by atoms with Crippen molar-refractivity contribution in [3.05, 3.63) is 57.6 Å². The number of aromatic nitrogens is 1. The van der Waals surface area contributed by atoms with Gasteiger partial charge in [-0.05, 0) is 30.3 Å². The van der Waals surface area contributed by atoms with Gasteiger partial charge in [-0.15, -0.1) is 0 Å². The van der Waals surface area contributed by atoms with Crippen molar-refractivity contribution in [2.24, 2.45) is 0 Å². The number of ether oxygens (including phenoxy) is 1. The van der Waals surface area contributed by atoms with Crippen LogP contribution < -0.4 is 4.74 Å². The summed E-state index contributed by atoms with van der Waals surface area (Å²) in [6.45, 7) is 0. The number of rotatable bonds is 3. The highest BCUT2D eigenvalue weighted by Crippen LogP contribution is 2.33. The first kappa shape index (κ1) is 12.8. The van der Waals surface area contributed by atoms with Crippen LogP contribution in [-0.2, 0) is 0 Å². The van der Waals surface area contributed by atoms with Gasteiger partial charge in [0, 0.05) is 17.2 Å². The van der Waals surface area contributed by atoms with Gasteiger partial charge in [-0.3, -0.25) is 10.1 Å². The molecule has 0 radical (unpaired) electrons. The van der Waals surface area contributed by atoms with Crippen LogP contribution in [0.15, 0.2) is 42.5 Å². The first-order chi connectivity index (χ1) is 9.61. The number of hydrogen-bond acceptors (Lipinski definition) is 5. The second-order valence-electron chi connectivity index (χ2n) is 3.94. The van der Waals surface area contributed by atoms with E-state index in [1.165, 1.54) is 23.5 Å². The molecule has 3 rings (SSSR count). The van der Waals surface area contributed by atoms with Crippen molar-refractivity contribution in [2.45, 2.75) is 0 Å². The fraction of sp³-hybridized carbons (Fsp3) is 0. The monoisotopic (exact) mass is 306 g/mol. The first-order valence-electron chi connectivity index (χ1n) is 5.60. The fourth-order valence-electron chi connectivity index (χ4n) is 1.65. The lowest BCUT2D eigenvalue weighted by atomic mass is 10.3.